The molecule has 0 N–H and O–H groups in total. The van der Waals surface area contributed by atoms with E-state index in [0.717, 1.165) is 18.4 Å². The van der Waals surface area contributed by atoms with Crippen molar-refractivity contribution >= 4 is 5.91 Å². The maximum atomic E-state index is 13.8. The second-order valence-electron chi connectivity index (χ2n) is 7.68. The molecule has 0 bridgehead atoms. The predicted molar refractivity (Wildman–Crippen MR) is 97.6 cm³/mol. The summed E-state index contributed by atoms with van der Waals surface area (Å²) in [4.78, 5) is 15.1. The van der Waals surface area contributed by atoms with Crippen LogP contribution in [0.15, 0.2) is 48.5 Å². The van der Waals surface area contributed by atoms with Crippen LogP contribution in [0.5, 0.6) is 5.75 Å². The largest absolute Gasteiger partial charge is 0.490 e. The third-order valence-corrected chi connectivity index (χ3v) is 5.98. The van der Waals surface area contributed by atoms with E-state index < -0.39 is 11.4 Å². The molecule has 3 fully saturated rings. The van der Waals surface area contributed by atoms with E-state index in [1.54, 1.807) is 12.1 Å². The molecule has 0 radical (unpaired) electrons. The Labute approximate surface area is 162 Å². The summed E-state index contributed by atoms with van der Waals surface area (Å²) in [6, 6.07) is 16.1. The number of hydrogen-bond acceptors (Lipinski definition) is 4. The summed E-state index contributed by atoms with van der Waals surface area (Å²) in [7, 11) is 0. The van der Waals surface area contributed by atoms with Gasteiger partial charge in [0, 0.05) is 18.9 Å². The number of nitriles is 1. The van der Waals surface area contributed by atoms with Crippen molar-refractivity contribution in [1.82, 2.24) is 4.90 Å². The maximum absolute atomic E-state index is 13.8. The molecule has 28 heavy (non-hydrogen) atoms. The van der Waals surface area contributed by atoms with E-state index in [1.807, 2.05) is 23.1 Å². The van der Waals surface area contributed by atoms with Gasteiger partial charge in [-0.25, -0.2) is 4.39 Å². The van der Waals surface area contributed by atoms with Crippen LogP contribution in [0.1, 0.15) is 42.9 Å². The van der Waals surface area contributed by atoms with Crippen LogP contribution in [0.2, 0.25) is 0 Å². The number of halogens is 1. The molecule has 2 heterocycles. The van der Waals surface area contributed by atoms with Crippen LogP contribution in [-0.2, 0) is 9.53 Å². The Hall–Kier alpha value is -2.91. The van der Waals surface area contributed by atoms with Crippen molar-refractivity contribution in [2.45, 2.75) is 49.7 Å². The van der Waals surface area contributed by atoms with Gasteiger partial charge in [-0.05, 0) is 30.5 Å². The van der Waals surface area contributed by atoms with E-state index in [2.05, 4.69) is 12.1 Å². The molecule has 0 unspecified atom stereocenters. The highest BCUT2D eigenvalue weighted by molar-refractivity contribution is 5.89. The summed E-state index contributed by atoms with van der Waals surface area (Å²) in [6.07, 6.45) is 2.28. The Morgan fingerprint density at radius 3 is 2.68 bits per heavy atom. The highest BCUT2D eigenvalue weighted by Gasteiger charge is 2.63. The highest BCUT2D eigenvalue weighted by atomic mass is 19.1. The molecule has 5 rings (SSSR count). The van der Waals surface area contributed by atoms with Crippen LogP contribution < -0.4 is 4.74 Å². The summed E-state index contributed by atoms with van der Waals surface area (Å²) >= 11 is 0. The number of fused-ring (bicyclic) bond motifs is 1. The summed E-state index contributed by atoms with van der Waals surface area (Å²) in [5.41, 5.74) is 0.312. The van der Waals surface area contributed by atoms with E-state index in [1.165, 1.54) is 12.1 Å². The summed E-state index contributed by atoms with van der Waals surface area (Å²) < 4.78 is 25.7. The molecule has 2 atom stereocenters. The van der Waals surface area contributed by atoms with Gasteiger partial charge in [0.15, 0.2) is 5.60 Å². The van der Waals surface area contributed by atoms with E-state index in [-0.39, 0.29) is 29.8 Å². The van der Waals surface area contributed by atoms with Crippen molar-refractivity contribution in [3.8, 4) is 11.8 Å². The second-order valence-corrected chi connectivity index (χ2v) is 7.68. The van der Waals surface area contributed by atoms with Crippen LogP contribution in [0.3, 0.4) is 0 Å². The Morgan fingerprint density at radius 2 is 1.96 bits per heavy atom. The van der Waals surface area contributed by atoms with Crippen molar-refractivity contribution in [3.05, 3.63) is 65.5 Å². The van der Waals surface area contributed by atoms with Crippen LogP contribution in [0, 0.1) is 17.1 Å². The summed E-state index contributed by atoms with van der Waals surface area (Å²) in [6.45, 7) is 0. The number of carbonyl (C=O) groups is 1. The Balaban J connectivity index is 1.27. The monoisotopic (exact) mass is 378 g/mol. The fraction of sp³-hybridized carbons (Fsp3) is 0.364. The zero-order valence-corrected chi connectivity index (χ0v) is 15.2. The summed E-state index contributed by atoms with van der Waals surface area (Å²) in [5, 5.41) is 8.81. The zero-order chi connectivity index (χ0) is 19.3. The molecular weight excluding hydrogens is 359 g/mol. The third kappa shape index (κ3) is 2.58. The molecule has 2 aromatic carbocycles. The first-order valence-electron chi connectivity index (χ1n) is 9.51. The minimum absolute atomic E-state index is 0.0145. The lowest BCUT2D eigenvalue weighted by Gasteiger charge is -2.42. The van der Waals surface area contributed by atoms with Gasteiger partial charge in [-0.1, -0.05) is 30.3 Å². The number of nitrogens with zero attached hydrogens (tertiary/aromatic N) is 2. The van der Waals surface area contributed by atoms with E-state index in [9.17, 15) is 9.18 Å². The topological polar surface area (TPSA) is 62.6 Å². The molecule has 2 aromatic rings. The average molecular weight is 378 g/mol. The van der Waals surface area contributed by atoms with Crippen LogP contribution in [0.4, 0.5) is 4.39 Å². The molecule has 1 saturated carbocycles. The molecule has 2 aliphatic heterocycles. The molecule has 6 heteroatoms. The zero-order valence-electron chi connectivity index (χ0n) is 15.2. The van der Waals surface area contributed by atoms with Gasteiger partial charge >= 0.3 is 0 Å². The van der Waals surface area contributed by atoms with Crippen molar-refractivity contribution in [3.63, 3.8) is 0 Å². The van der Waals surface area contributed by atoms with Gasteiger partial charge in [0.2, 0.25) is 0 Å². The Morgan fingerprint density at radius 1 is 1.18 bits per heavy atom. The van der Waals surface area contributed by atoms with Gasteiger partial charge in [0.25, 0.3) is 5.91 Å². The SMILES string of the molecule is N#Cc1ccc(OC2CC3(C2)O[C@@H]2CC[C@@H](c4ccccc4)N2C3=O)cc1F. The predicted octanol–water partition coefficient (Wildman–Crippen LogP) is 3.70. The Bertz CT molecular complexity index is 965. The number of hydrogen-bond donors (Lipinski definition) is 0. The fourth-order valence-corrected chi connectivity index (χ4v) is 4.60. The van der Waals surface area contributed by atoms with Gasteiger partial charge in [-0.2, -0.15) is 5.26 Å². The first kappa shape index (κ1) is 17.2. The number of benzene rings is 2. The minimum atomic E-state index is -0.812. The lowest BCUT2D eigenvalue weighted by atomic mass is 9.76. The van der Waals surface area contributed by atoms with Crippen LogP contribution in [0.25, 0.3) is 0 Å². The standard InChI is InChI=1S/C22H19FN2O3/c23-18-10-16(7-6-15(18)13-24)27-17-11-22(12-17)21(26)25-19(8-9-20(25)28-22)14-4-2-1-3-5-14/h1-7,10,17,19-20H,8-9,11-12H2/t17?,19-,20+,22?/m0/s1. The quantitative estimate of drug-likeness (QED) is 0.817. The number of ether oxygens (including phenoxy) is 2. The smallest absolute Gasteiger partial charge is 0.257 e. The van der Waals surface area contributed by atoms with Crippen molar-refractivity contribution in [1.29, 1.82) is 5.26 Å². The second kappa shape index (κ2) is 6.32. The first-order valence-corrected chi connectivity index (χ1v) is 9.51. The van der Waals surface area contributed by atoms with Crippen LogP contribution >= 0.6 is 0 Å². The van der Waals surface area contributed by atoms with E-state index in [4.69, 9.17) is 14.7 Å². The molecule has 1 spiro atoms. The van der Waals surface area contributed by atoms with E-state index in [0.29, 0.717) is 18.6 Å². The van der Waals surface area contributed by atoms with Crippen molar-refractivity contribution < 1.29 is 18.7 Å². The van der Waals surface area contributed by atoms with Gasteiger partial charge < -0.3 is 14.4 Å². The molecule has 1 aliphatic carbocycles. The summed E-state index contributed by atoms with van der Waals surface area (Å²) in [5.74, 6) is -0.201. The minimum Gasteiger partial charge on any atom is -0.490 e. The number of amides is 1. The Kier molecular flexibility index (Phi) is 3.88. The number of carbonyl (C=O) groups excluding carboxylic acids is 1. The van der Waals surface area contributed by atoms with Crippen molar-refractivity contribution in [2.24, 2.45) is 0 Å². The molecule has 0 aromatic heterocycles. The van der Waals surface area contributed by atoms with Gasteiger partial charge in [0.1, 0.15) is 30.0 Å². The third-order valence-electron chi connectivity index (χ3n) is 5.98. The molecular formula is C22H19FN2O3. The number of rotatable bonds is 3. The average Bonchev–Trinajstić information content (AvgIpc) is 3.21. The lowest BCUT2D eigenvalue weighted by molar-refractivity contribution is -0.162. The van der Waals surface area contributed by atoms with E-state index >= 15 is 0 Å². The molecule has 142 valence electrons. The first-order chi connectivity index (χ1) is 13.6. The molecule has 1 amide bonds. The lowest BCUT2D eigenvalue weighted by Crippen LogP contribution is -2.55. The maximum Gasteiger partial charge on any atom is 0.257 e. The van der Waals surface area contributed by atoms with Gasteiger partial charge in [-0.3, -0.25) is 4.79 Å². The van der Waals surface area contributed by atoms with Crippen molar-refractivity contribution in [2.75, 3.05) is 0 Å². The normalized spacial score (nSPS) is 30.8. The van der Waals surface area contributed by atoms with Gasteiger partial charge in [0.05, 0.1) is 11.6 Å². The van der Waals surface area contributed by atoms with Gasteiger partial charge in [-0.15, -0.1) is 0 Å². The molecule has 5 nitrogen and oxygen atoms in total. The molecule has 3 aliphatic rings. The highest BCUT2D eigenvalue weighted by Crippen LogP contribution is 2.51. The molecule has 2 saturated heterocycles. The van der Waals surface area contributed by atoms with Crippen LogP contribution in [-0.4, -0.2) is 28.7 Å². The fourth-order valence-electron chi connectivity index (χ4n) is 4.60.